The highest BCUT2D eigenvalue weighted by Crippen LogP contribution is 2.45. The molecule has 0 radical (unpaired) electrons. The Balaban J connectivity index is 1.40. The zero-order valence-electron chi connectivity index (χ0n) is 17.4. The quantitative estimate of drug-likeness (QED) is 0.456. The summed E-state index contributed by atoms with van der Waals surface area (Å²) >= 11 is 6.49. The van der Waals surface area contributed by atoms with E-state index in [-0.39, 0.29) is 30.2 Å². The minimum atomic E-state index is -1.38. The monoisotopic (exact) mass is 474 g/mol. The molecule has 170 valence electrons. The van der Waals surface area contributed by atoms with E-state index in [0.29, 0.717) is 33.4 Å². The van der Waals surface area contributed by atoms with Crippen LogP contribution in [0, 0.1) is 11.7 Å². The number of aromatic amines is 1. The lowest BCUT2D eigenvalue weighted by Crippen LogP contribution is -2.57. The van der Waals surface area contributed by atoms with E-state index in [0.717, 1.165) is 0 Å². The zero-order valence-corrected chi connectivity index (χ0v) is 18.1. The Labute approximate surface area is 190 Å². The molecular formula is C22H18ClF3N6O. The summed E-state index contributed by atoms with van der Waals surface area (Å²) in [6, 6.07) is 5.12. The summed E-state index contributed by atoms with van der Waals surface area (Å²) in [7, 11) is 0. The third kappa shape index (κ3) is 3.23. The van der Waals surface area contributed by atoms with Crippen LogP contribution in [0.2, 0.25) is 5.02 Å². The largest absolute Gasteiger partial charge is 0.361 e. The van der Waals surface area contributed by atoms with Crippen LogP contribution in [0.25, 0.3) is 27.5 Å². The molecular weight excluding hydrogens is 457 g/mol. The lowest BCUT2D eigenvalue weighted by Gasteiger charge is -2.44. The first-order valence-corrected chi connectivity index (χ1v) is 10.8. The molecule has 1 saturated carbocycles. The number of carbonyl (C=O) groups is 1. The summed E-state index contributed by atoms with van der Waals surface area (Å²) in [5, 5.41) is 14.3. The van der Waals surface area contributed by atoms with Crippen LogP contribution >= 0.6 is 11.6 Å². The van der Waals surface area contributed by atoms with E-state index < -0.39 is 29.5 Å². The SMILES string of the molecule is CC1(F)CN(c2c(F)c(Cl)c(-c3ccn4nc(NC(=O)[C@@H]5C[C@@H]5F)cc4c3)c3cn[nH]c23)C1. The van der Waals surface area contributed by atoms with Gasteiger partial charge in [-0.1, -0.05) is 11.6 Å². The number of carbonyl (C=O) groups excluding carboxylic acids is 1. The van der Waals surface area contributed by atoms with Gasteiger partial charge in [0.15, 0.2) is 11.6 Å². The van der Waals surface area contributed by atoms with Crippen molar-refractivity contribution < 1.29 is 18.0 Å². The van der Waals surface area contributed by atoms with Gasteiger partial charge in [0.1, 0.15) is 17.5 Å². The molecule has 11 heteroatoms. The van der Waals surface area contributed by atoms with E-state index in [9.17, 15) is 13.6 Å². The molecule has 33 heavy (non-hydrogen) atoms. The second-order valence-electron chi connectivity index (χ2n) is 8.94. The standard InChI is InChI=1S/C22H18ClF3N6O/c1-22(26)8-31(9-22)20-18(25)17(23)16(13-7-27-29-19(13)20)10-2-3-32-11(4-10)5-15(30-32)28-21(33)12-6-14(12)24/h2-5,7,12,14H,6,8-9H2,1H3,(H,27,29)(H,28,30,33)/t12-,14+/m1/s1. The van der Waals surface area contributed by atoms with Gasteiger partial charge in [0.25, 0.3) is 0 Å². The first-order valence-electron chi connectivity index (χ1n) is 10.4. The summed E-state index contributed by atoms with van der Waals surface area (Å²) in [5.74, 6) is -1.38. The predicted octanol–water partition coefficient (Wildman–Crippen LogP) is 4.51. The van der Waals surface area contributed by atoms with Gasteiger partial charge in [-0.25, -0.2) is 17.7 Å². The Morgan fingerprint density at radius 2 is 2.12 bits per heavy atom. The van der Waals surface area contributed by atoms with Crippen molar-refractivity contribution in [3.8, 4) is 11.1 Å². The molecule has 7 nitrogen and oxygen atoms in total. The number of nitrogens with one attached hydrogen (secondary N) is 2. The molecule has 2 aliphatic rings. The molecule has 1 saturated heterocycles. The van der Waals surface area contributed by atoms with Crippen LogP contribution in [-0.4, -0.2) is 50.6 Å². The van der Waals surface area contributed by atoms with E-state index in [1.165, 1.54) is 6.92 Å². The molecule has 0 bridgehead atoms. The van der Waals surface area contributed by atoms with Gasteiger partial charge in [-0.15, -0.1) is 0 Å². The number of pyridine rings is 1. The highest BCUT2D eigenvalue weighted by molar-refractivity contribution is 6.36. The molecule has 1 aliphatic heterocycles. The number of aromatic nitrogens is 4. The van der Waals surface area contributed by atoms with Gasteiger partial charge in [-0.2, -0.15) is 10.2 Å². The maximum atomic E-state index is 15.4. The Morgan fingerprint density at radius 1 is 1.36 bits per heavy atom. The predicted molar refractivity (Wildman–Crippen MR) is 119 cm³/mol. The summed E-state index contributed by atoms with van der Waals surface area (Å²) in [6.07, 6.45) is 2.35. The summed E-state index contributed by atoms with van der Waals surface area (Å²) < 4.78 is 44.2. The number of rotatable bonds is 4. The third-order valence-electron chi connectivity index (χ3n) is 6.18. The average Bonchev–Trinajstić information content (AvgIpc) is 3.11. The number of nitrogens with zero attached hydrogens (tertiary/aromatic N) is 4. The Morgan fingerprint density at radius 3 is 2.82 bits per heavy atom. The first kappa shape index (κ1) is 20.3. The van der Waals surface area contributed by atoms with Crippen LogP contribution in [0.4, 0.5) is 24.7 Å². The van der Waals surface area contributed by atoms with Crippen molar-refractivity contribution in [2.75, 3.05) is 23.3 Å². The number of hydrogen-bond acceptors (Lipinski definition) is 4. The number of alkyl halides is 2. The Bertz CT molecular complexity index is 1440. The molecule has 2 N–H and O–H groups in total. The number of benzene rings is 1. The molecule has 1 amide bonds. The maximum absolute atomic E-state index is 15.4. The molecule has 1 aliphatic carbocycles. The minimum Gasteiger partial charge on any atom is -0.361 e. The number of fused-ring (bicyclic) bond motifs is 2. The topological polar surface area (TPSA) is 78.3 Å². The summed E-state index contributed by atoms with van der Waals surface area (Å²) in [4.78, 5) is 13.6. The highest BCUT2D eigenvalue weighted by Gasteiger charge is 2.44. The maximum Gasteiger partial charge on any atom is 0.231 e. The van der Waals surface area contributed by atoms with E-state index in [2.05, 4.69) is 20.6 Å². The van der Waals surface area contributed by atoms with Gasteiger partial charge in [0, 0.05) is 23.2 Å². The Hall–Kier alpha value is -3.27. The van der Waals surface area contributed by atoms with Gasteiger partial charge in [-0.3, -0.25) is 9.89 Å². The van der Waals surface area contributed by atoms with Crippen molar-refractivity contribution in [1.82, 2.24) is 19.8 Å². The van der Waals surface area contributed by atoms with Crippen molar-refractivity contribution >= 4 is 45.4 Å². The molecule has 0 spiro atoms. The van der Waals surface area contributed by atoms with E-state index >= 15 is 4.39 Å². The second-order valence-corrected chi connectivity index (χ2v) is 9.32. The fraction of sp³-hybridized carbons (Fsp3) is 0.318. The fourth-order valence-electron chi connectivity index (χ4n) is 4.45. The number of amides is 1. The fourth-order valence-corrected chi connectivity index (χ4v) is 4.75. The lowest BCUT2D eigenvalue weighted by atomic mass is 9.95. The van der Waals surface area contributed by atoms with Crippen molar-refractivity contribution in [2.45, 2.75) is 25.2 Å². The normalized spacial score (nSPS) is 21.4. The van der Waals surface area contributed by atoms with Crippen LogP contribution in [0.5, 0.6) is 0 Å². The molecule has 4 aromatic rings. The van der Waals surface area contributed by atoms with Crippen LogP contribution in [0.1, 0.15) is 13.3 Å². The van der Waals surface area contributed by atoms with Crippen molar-refractivity contribution in [2.24, 2.45) is 5.92 Å². The van der Waals surface area contributed by atoms with Gasteiger partial charge in [0.05, 0.1) is 41.3 Å². The average molecular weight is 475 g/mol. The molecule has 2 atom stereocenters. The number of H-pyrrole nitrogens is 1. The van der Waals surface area contributed by atoms with E-state index in [1.54, 1.807) is 40.0 Å². The molecule has 1 aromatic carbocycles. The molecule has 4 heterocycles. The number of anilines is 2. The molecule has 6 rings (SSSR count). The lowest BCUT2D eigenvalue weighted by molar-refractivity contribution is -0.117. The molecule has 2 fully saturated rings. The van der Waals surface area contributed by atoms with Crippen LogP contribution in [0.15, 0.2) is 30.6 Å². The molecule has 3 aromatic heterocycles. The van der Waals surface area contributed by atoms with Gasteiger partial charge < -0.3 is 10.2 Å². The van der Waals surface area contributed by atoms with Crippen LogP contribution in [0.3, 0.4) is 0 Å². The summed E-state index contributed by atoms with van der Waals surface area (Å²) in [6.45, 7) is 1.60. The van der Waals surface area contributed by atoms with E-state index in [4.69, 9.17) is 11.6 Å². The van der Waals surface area contributed by atoms with Crippen molar-refractivity contribution in [3.05, 3.63) is 41.4 Å². The number of hydrogen-bond donors (Lipinski definition) is 2. The third-order valence-corrected chi connectivity index (χ3v) is 6.53. The van der Waals surface area contributed by atoms with Gasteiger partial charge >= 0.3 is 0 Å². The minimum absolute atomic E-state index is 0.0635. The zero-order chi connectivity index (χ0) is 23.1. The van der Waals surface area contributed by atoms with Crippen molar-refractivity contribution in [3.63, 3.8) is 0 Å². The highest BCUT2D eigenvalue weighted by atomic mass is 35.5. The van der Waals surface area contributed by atoms with E-state index in [1.807, 2.05) is 0 Å². The first-order chi connectivity index (χ1) is 15.7. The smallest absolute Gasteiger partial charge is 0.231 e. The molecule has 0 unspecified atom stereocenters. The van der Waals surface area contributed by atoms with Gasteiger partial charge in [0.2, 0.25) is 5.91 Å². The van der Waals surface area contributed by atoms with Crippen LogP contribution < -0.4 is 10.2 Å². The number of halogens is 4. The second kappa shape index (κ2) is 6.86. The Kier molecular flexibility index (Phi) is 4.23. The summed E-state index contributed by atoms with van der Waals surface area (Å²) in [5.41, 5.74) is 0.949. The van der Waals surface area contributed by atoms with Crippen LogP contribution in [-0.2, 0) is 4.79 Å². The van der Waals surface area contributed by atoms with Gasteiger partial charge in [-0.05, 0) is 31.0 Å². The van der Waals surface area contributed by atoms with Crippen molar-refractivity contribution in [1.29, 1.82) is 0 Å².